The second-order valence-corrected chi connectivity index (χ2v) is 8.83. The third-order valence-electron chi connectivity index (χ3n) is 6.90. The molecular formula is C28H21FN2O5. The minimum absolute atomic E-state index is 0.0266. The first-order chi connectivity index (χ1) is 17.5. The number of amides is 2. The van der Waals surface area contributed by atoms with Gasteiger partial charge in [0, 0.05) is 19.2 Å². The lowest BCUT2D eigenvalue weighted by Gasteiger charge is -2.34. The van der Waals surface area contributed by atoms with E-state index in [4.69, 9.17) is 9.15 Å². The fourth-order valence-corrected chi connectivity index (χ4v) is 5.37. The minimum Gasteiger partial charge on any atom is -0.450 e. The monoisotopic (exact) mass is 484 g/mol. The van der Waals surface area contributed by atoms with E-state index in [0.717, 1.165) is 17.7 Å². The van der Waals surface area contributed by atoms with E-state index in [0.29, 0.717) is 11.3 Å². The minimum atomic E-state index is -1.75. The van der Waals surface area contributed by atoms with Gasteiger partial charge in [0.05, 0.1) is 29.8 Å². The molecule has 3 heterocycles. The second kappa shape index (κ2) is 8.13. The fourth-order valence-electron chi connectivity index (χ4n) is 5.37. The summed E-state index contributed by atoms with van der Waals surface area (Å²) in [5.41, 5.74) is -0.392. The van der Waals surface area contributed by atoms with Gasteiger partial charge in [-0.3, -0.25) is 14.4 Å². The molecule has 2 aliphatic rings. The average molecular weight is 484 g/mol. The highest BCUT2D eigenvalue weighted by molar-refractivity contribution is 6.17. The molecule has 6 rings (SSSR count). The van der Waals surface area contributed by atoms with Crippen LogP contribution in [-0.2, 0) is 21.6 Å². The van der Waals surface area contributed by atoms with Crippen molar-refractivity contribution in [2.45, 2.75) is 12.1 Å². The predicted molar refractivity (Wildman–Crippen MR) is 130 cm³/mol. The Bertz CT molecular complexity index is 1600. The summed E-state index contributed by atoms with van der Waals surface area (Å²) in [6, 6.07) is 20.1. The van der Waals surface area contributed by atoms with Crippen LogP contribution in [0, 0.1) is 5.82 Å². The number of carbonyl (C=O) groups is 2. The molecule has 7 nitrogen and oxygen atoms in total. The standard InChI is InChI=1S/C28H21FN2O5/c1-35-14-13-31-26(33)25-23(24(32)19-15-18(29)11-12-22(19)36-25)28(31)20-9-5-6-10-21(20)30(27(28)34)16-17-7-3-2-4-8-17/h2-12,15H,13-14,16H2,1H3. The fraction of sp³-hybridized carbons (Fsp3) is 0.179. The number of rotatable bonds is 5. The van der Waals surface area contributed by atoms with E-state index in [1.807, 2.05) is 30.3 Å². The van der Waals surface area contributed by atoms with Gasteiger partial charge < -0.3 is 19.0 Å². The number of fused-ring (bicyclic) bond motifs is 5. The Morgan fingerprint density at radius 2 is 1.72 bits per heavy atom. The van der Waals surface area contributed by atoms with E-state index in [1.54, 1.807) is 29.2 Å². The molecule has 1 atom stereocenters. The first-order valence-electron chi connectivity index (χ1n) is 11.5. The number of halogens is 1. The van der Waals surface area contributed by atoms with Crippen molar-refractivity contribution >= 4 is 28.5 Å². The van der Waals surface area contributed by atoms with E-state index < -0.39 is 28.6 Å². The molecule has 0 N–H and O–H groups in total. The number of anilines is 1. The lowest BCUT2D eigenvalue weighted by atomic mass is 9.84. The lowest BCUT2D eigenvalue weighted by Crippen LogP contribution is -2.54. The van der Waals surface area contributed by atoms with E-state index in [-0.39, 0.29) is 42.0 Å². The maximum absolute atomic E-state index is 14.5. The number of para-hydroxylation sites is 1. The smallest absolute Gasteiger partial charge is 0.291 e. The van der Waals surface area contributed by atoms with Crippen molar-refractivity contribution in [2.24, 2.45) is 0 Å². The van der Waals surface area contributed by atoms with Gasteiger partial charge in [0.2, 0.25) is 5.76 Å². The molecule has 0 saturated carbocycles. The molecule has 8 heteroatoms. The summed E-state index contributed by atoms with van der Waals surface area (Å²) < 4.78 is 25.3. The van der Waals surface area contributed by atoms with Crippen molar-refractivity contribution in [2.75, 3.05) is 25.2 Å². The third-order valence-corrected chi connectivity index (χ3v) is 6.90. The molecule has 3 aromatic carbocycles. The molecule has 36 heavy (non-hydrogen) atoms. The van der Waals surface area contributed by atoms with Crippen LogP contribution in [0.15, 0.2) is 82.0 Å². The van der Waals surface area contributed by atoms with Gasteiger partial charge in [0.15, 0.2) is 11.0 Å². The SMILES string of the molecule is COCCN1C(=O)c2oc3ccc(F)cc3c(=O)c2C12C(=O)N(Cc1ccccc1)c1ccccc12. The van der Waals surface area contributed by atoms with Crippen molar-refractivity contribution in [3.63, 3.8) is 0 Å². The molecule has 1 aromatic heterocycles. The highest BCUT2D eigenvalue weighted by atomic mass is 19.1. The van der Waals surface area contributed by atoms with E-state index in [1.165, 1.54) is 18.1 Å². The Hall–Kier alpha value is -4.30. The molecule has 2 aliphatic heterocycles. The third kappa shape index (κ3) is 2.91. The number of ether oxygens (including phenoxy) is 1. The number of methoxy groups -OCH3 is 1. The predicted octanol–water partition coefficient (Wildman–Crippen LogP) is 3.82. The average Bonchev–Trinajstić information content (AvgIpc) is 3.28. The Morgan fingerprint density at radius 1 is 0.972 bits per heavy atom. The highest BCUT2D eigenvalue weighted by Crippen LogP contribution is 2.52. The van der Waals surface area contributed by atoms with E-state index in [9.17, 15) is 18.8 Å². The Kier molecular flexibility index (Phi) is 5.01. The van der Waals surface area contributed by atoms with Gasteiger partial charge in [-0.25, -0.2) is 4.39 Å². The summed E-state index contributed by atoms with van der Waals surface area (Å²) in [7, 11) is 1.49. The van der Waals surface area contributed by atoms with Crippen molar-refractivity contribution in [3.05, 3.63) is 111 Å². The highest BCUT2D eigenvalue weighted by Gasteiger charge is 2.64. The molecule has 1 spiro atoms. The summed E-state index contributed by atoms with van der Waals surface area (Å²) >= 11 is 0. The van der Waals surface area contributed by atoms with Gasteiger partial charge in [-0.15, -0.1) is 0 Å². The molecular weight excluding hydrogens is 463 g/mol. The van der Waals surface area contributed by atoms with Crippen LogP contribution >= 0.6 is 0 Å². The lowest BCUT2D eigenvalue weighted by molar-refractivity contribution is -0.126. The quantitative estimate of drug-likeness (QED) is 0.430. The van der Waals surface area contributed by atoms with Crippen LogP contribution in [0.25, 0.3) is 11.0 Å². The van der Waals surface area contributed by atoms with E-state index in [2.05, 4.69) is 0 Å². The van der Waals surface area contributed by atoms with Crippen LogP contribution in [0.5, 0.6) is 0 Å². The molecule has 0 bridgehead atoms. The van der Waals surface area contributed by atoms with Gasteiger partial charge in [0.25, 0.3) is 11.8 Å². The largest absolute Gasteiger partial charge is 0.450 e. The number of benzene rings is 3. The van der Waals surface area contributed by atoms with Crippen LogP contribution in [-0.4, -0.2) is 37.0 Å². The summed E-state index contributed by atoms with van der Waals surface area (Å²) in [4.78, 5) is 45.1. The maximum Gasteiger partial charge on any atom is 0.291 e. The van der Waals surface area contributed by atoms with Crippen molar-refractivity contribution in [1.29, 1.82) is 0 Å². The molecule has 0 radical (unpaired) electrons. The van der Waals surface area contributed by atoms with E-state index >= 15 is 0 Å². The number of carbonyl (C=O) groups excluding carboxylic acids is 2. The number of hydrogen-bond acceptors (Lipinski definition) is 5. The molecule has 4 aromatic rings. The molecule has 1 unspecified atom stereocenters. The summed E-state index contributed by atoms with van der Waals surface area (Å²) in [5, 5.41) is -0.0266. The van der Waals surface area contributed by atoms with Crippen molar-refractivity contribution in [3.8, 4) is 0 Å². The molecule has 0 fully saturated rings. The van der Waals surface area contributed by atoms with Gasteiger partial charge in [-0.05, 0) is 29.8 Å². The Morgan fingerprint density at radius 3 is 2.50 bits per heavy atom. The summed E-state index contributed by atoms with van der Waals surface area (Å²) in [6.07, 6.45) is 0. The summed E-state index contributed by atoms with van der Waals surface area (Å²) in [5.74, 6) is -1.86. The molecule has 180 valence electrons. The second-order valence-electron chi connectivity index (χ2n) is 8.83. The summed E-state index contributed by atoms with van der Waals surface area (Å²) in [6.45, 7) is 0.425. The Labute approximate surface area is 205 Å². The van der Waals surface area contributed by atoms with Crippen molar-refractivity contribution < 1.29 is 23.1 Å². The van der Waals surface area contributed by atoms with Crippen LogP contribution in [0.2, 0.25) is 0 Å². The molecule has 0 saturated heterocycles. The first kappa shape index (κ1) is 22.2. The van der Waals surface area contributed by atoms with Gasteiger partial charge in [-0.1, -0.05) is 48.5 Å². The normalized spacial score (nSPS) is 18.4. The van der Waals surface area contributed by atoms with Crippen LogP contribution in [0.3, 0.4) is 0 Å². The van der Waals surface area contributed by atoms with Crippen molar-refractivity contribution in [1.82, 2.24) is 4.90 Å². The molecule has 0 aliphatic carbocycles. The van der Waals surface area contributed by atoms with Crippen LogP contribution in [0.4, 0.5) is 10.1 Å². The zero-order valence-electron chi connectivity index (χ0n) is 19.4. The Balaban J connectivity index is 1.66. The van der Waals surface area contributed by atoms with Gasteiger partial charge >= 0.3 is 0 Å². The number of nitrogens with zero attached hydrogens (tertiary/aromatic N) is 2. The zero-order chi connectivity index (χ0) is 25.0. The maximum atomic E-state index is 14.5. The van der Waals surface area contributed by atoms with Crippen LogP contribution < -0.4 is 10.3 Å². The topological polar surface area (TPSA) is 80.1 Å². The van der Waals surface area contributed by atoms with Crippen LogP contribution in [0.1, 0.15) is 27.2 Å². The van der Waals surface area contributed by atoms with Gasteiger partial charge in [0.1, 0.15) is 11.4 Å². The number of hydrogen-bond donors (Lipinski definition) is 0. The first-order valence-corrected chi connectivity index (χ1v) is 11.5. The van der Waals surface area contributed by atoms with Gasteiger partial charge in [-0.2, -0.15) is 0 Å². The molecule has 2 amide bonds. The zero-order valence-corrected chi connectivity index (χ0v) is 19.4.